The SMILES string of the molecule is CN=C(N)NCCNC(=O)c1ccccc1F. The lowest BCUT2D eigenvalue weighted by molar-refractivity contribution is 0.0950. The molecule has 0 atom stereocenters. The van der Waals surface area contributed by atoms with Gasteiger partial charge in [0.2, 0.25) is 0 Å². The lowest BCUT2D eigenvalue weighted by Crippen LogP contribution is -2.38. The molecule has 6 heteroatoms. The minimum atomic E-state index is -0.535. The molecule has 0 saturated heterocycles. The average Bonchev–Trinajstić information content (AvgIpc) is 2.34. The molecular formula is C11H15FN4O. The largest absolute Gasteiger partial charge is 0.370 e. The molecule has 4 N–H and O–H groups in total. The second kappa shape index (κ2) is 6.47. The Morgan fingerprint density at radius 2 is 2.00 bits per heavy atom. The molecule has 0 aliphatic heterocycles. The fourth-order valence-electron chi connectivity index (χ4n) is 1.19. The molecule has 0 spiro atoms. The Kier molecular flexibility index (Phi) is 4.93. The van der Waals surface area contributed by atoms with Crippen molar-refractivity contribution < 1.29 is 9.18 Å². The Labute approximate surface area is 98.9 Å². The Morgan fingerprint density at radius 1 is 1.35 bits per heavy atom. The zero-order chi connectivity index (χ0) is 12.7. The van der Waals surface area contributed by atoms with Crippen molar-refractivity contribution in [3.8, 4) is 0 Å². The number of guanidine groups is 1. The molecule has 0 aliphatic carbocycles. The summed E-state index contributed by atoms with van der Waals surface area (Å²) in [4.78, 5) is 15.2. The van der Waals surface area contributed by atoms with Crippen LogP contribution in [0.15, 0.2) is 29.3 Å². The van der Waals surface area contributed by atoms with Crippen LogP contribution in [0, 0.1) is 5.82 Å². The number of nitrogens with two attached hydrogens (primary N) is 1. The van der Waals surface area contributed by atoms with Crippen LogP contribution in [-0.4, -0.2) is 32.0 Å². The summed E-state index contributed by atoms with van der Waals surface area (Å²) in [5, 5.41) is 5.34. The summed E-state index contributed by atoms with van der Waals surface area (Å²) in [5.74, 6) is -0.686. The quantitative estimate of drug-likeness (QED) is 0.395. The third-order valence-corrected chi connectivity index (χ3v) is 2.08. The van der Waals surface area contributed by atoms with Gasteiger partial charge in [-0.1, -0.05) is 12.1 Å². The Hall–Kier alpha value is -2.11. The summed E-state index contributed by atoms with van der Waals surface area (Å²) in [5.41, 5.74) is 5.42. The number of aliphatic imine (C=N–C) groups is 1. The third-order valence-electron chi connectivity index (χ3n) is 2.08. The van der Waals surface area contributed by atoms with Gasteiger partial charge >= 0.3 is 0 Å². The highest BCUT2D eigenvalue weighted by atomic mass is 19.1. The van der Waals surface area contributed by atoms with Crippen molar-refractivity contribution in [3.63, 3.8) is 0 Å². The fraction of sp³-hybridized carbons (Fsp3) is 0.273. The van der Waals surface area contributed by atoms with Gasteiger partial charge in [-0.25, -0.2) is 4.39 Å². The van der Waals surface area contributed by atoms with E-state index >= 15 is 0 Å². The van der Waals surface area contributed by atoms with Crippen molar-refractivity contribution >= 4 is 11.9 Å². The van der Waals surface area contributed by atoms with Crippen LogP contribution >= 0.6 is 0 Å². The number of benzene rings is 1. The number of nitrogens with one attached hydrogen (secondary N) is 2. The zero-order valence-corrected chi connectivity index (χ0v) is 9.53. The number of carbonyl (C=O) groups is 1. The molecule has 0 bridgehead atoms. The van der Waals surface area contributed by atoms with Crippen molar-refractivity contribution in [1.82, 2.24) is 10.6 Å². The first-order valence-corrected chi connectivity index (χ1v) is 5.14. The molecule has 0 heterocycles. The van der Waals surface area contributed by atoms with Crippen LogP contribution < -0.4 is 16.4 Å². The van der Waals surface area contributed by atoms with Crippen LogP contribution in [0.5, 0.6) is 0 Å². The maximum atomic E-state index is 13.2. The summed E-state index contributed by atoms with van der Waals surface area (Å²) in [6.45, 7) is 0.771. The van der Waals surface area contributed by atoms with Gasteiger partial charge in [0, 0.05) is 20.1 Å². The Balaban J connectivity index is 2.38. The van der Waals surface area contributed by atoms with Crippen molar-refractivity contribution in [2.75, 3.05) is 20.1 Å². The van der Waals surface area contributed by atoms with Gasteiger partial charge in [0.05, 0.1) is 5.56 Å². The van der Waals surface area contributed by atoms with E-state index in [2.05, 4.69) is 15.6 Å². The highest BCUT2D eigenvalue weighted by Gasteiger charge is 2.09. The van der Waals surface area contributed by atoms with Gasteiger partial charge in [-0.2, -0.15) is 0 Å². The number of hydrogen-bond acceptors (Lipinski definition) is 2. The summed E-state index contributed by atoms with van der Waals surface area (Å²) < 4.78 is 13.2. The topological polar surface area (TPSA) is 79.5 Å². The first-order valence-electron chi connectivity index (χ1n) is 5.14. The van der Waals surface area contributed by atoms with Crippen molar-refractivity contribution in [1.29, 1.82) is 0 Å². The molecule has 0 unspecified atom stereocenters. The van der Waals surface area contributed by atoms with Gasteiger partial charge in [-0.15, -0.1) is 0 Å². The Bertz CT molecular complexity index is 420. The van der Waals surface area contributed by atoms with E-state index in [1.165, 1.54) is 18.2 Å². The van der Waals surface area contributed by atoms with E-state index in [1.807, 2.05) is 0 Å². The second-order valence-corrected chi connectivity index (χ2v) is 3.27. The molecule has 17 heavy (non-hydrogen) atoms. The van der Waals surface area contributed by atoms with Crippen molar-refractivity contribution in [2.45, 2.75) is 0 Å². The van der Waals surface area contributed by atoms with E-state index in [9.17, 15) is 9.18 Å². The van der Waals surface area contributed by atoms with Gasteiger partial charge in [-0.3, -0.25) is 9.79 Å². The summed E-state index contributed by atoms with van der Waals surface area (Å²) >= 11 is 0. The predicted octanol–water partition coefficient (Wildman–Crippen LogP) is 0.0896. The van der Waals surface area contributed by atoms with Crippen molar-refractivity contribution in [2.24, 2.45) is 10.7 Å². The Morgan fingerprint density at radius 3 is 2.65 bits per heavy atom. The summed E-state index contributed by atoms with van der Waals surface area (Å²) in [6, 6.07) is 5.82. The van der Waals surface area contributed by atoms with E-state index in [0.29, 0.717) is 19.0 Å². The number of nitrogens with zero attached hydrogens (tertiary/aromatic N) is 1. The van der Waals surface area contributed by atoms with E-state index in [4.69, 9.17) is 5.73 Å². The first kappa shape index (κ1) is 13.0. The molecule has 92 valence electrons. The standard InChI is InChI=1S/C11H15FN4O/c1-14-11(13)16-7-6-15-10(17)8-4-2-3-5-9(8)12/h2-5H,6-7H2,1H3,(H,15,17)(H3,13,14,16). The number of halogens is 1. The number of rotatable bonds is 4. The molecule has 0 fully saturated rings. The fourth-order valence-corrected chi connectivity index (χ4v) is 1.19. The molecule has 1 aromatic carbocycles. The number of hydrogen-bond donors (Lipinski definition) is 3. The zero-order valence-electron chi connectivity index (χ0n) is 9.53. The van der Waals surface area contributed by atoms with Crippen LogP contribution in [0.4, 0.5) is 4.39 Å². The minimum Gasteiger partial charge on any atom is -0.370 e. The van der Waals surface area contributed by atoms with Gasteiger partial charge in [-0.05, 0) is 12.1 Å². The predicted molar refractivity (Wildman–Crippen MR) is 64.3 cm³/mol. The maximum absolute atomic E-state index is 13.2. The van der Waals surface area contributed by atoms with Gasteiger partial charge in [0.25, 0.3) is 5.91 Å². The van der Waals surface area contributed by atoms with E-state index < -0.39 is 11.7 Å². The molecule has 0 saturated carbocycles. The molecule has 0 radical (unpaired) electrons. The summed E-state index contributed by atoms with van der Waals surface area (Å²) in [6.07, 6.45) is 0. The number of amides is 1. The first-order chi connectivity index (χ1) is 8.15. The minimum absolute atomic E-state index is 0.0321. The molecular weight excluding hydrogens is 223 g/mol. The van der Waals surface area contributed by atoms with E-state index in [0.717, 1.165) is 0 Å². The van der Waals surface area contributed by atoms with E-state index in [1.54, 1.807) is 13.1 Å². The molecule has 0 aromatic heterocycles. The van der Waals surface area contributed by atoms with Crippen LogP contribution in [0.3, 0.4) is 0 Å². The summed E-state index contributed by atoms with van der Waals surface area (Å²) in [7, 11) is 1.56. The lowest BCUT2D eigenvalue weighted by atomic mass is 10.2. The van der Waals surface area contributed by atoms with E-state index in [-0.39, 0.29) is 5.56 Å². The molecule has 1 rings (SSSR count). The van der Waals surface area contributed by atoms with Gasteiger partial charge < -0.3 is 16.4 Å². The highest BCUT2D eigenvalue weighted by molar-refractivity contribution is 5.94. The van der Waals surface area contributed by atoms with Crippen LogP contribution in [0.1, 0.15) is 10.4 Å². The van der Waals surface area contributed by atoms with Crippen LogP contribution in [-0.2, 0) is 0 Å². The molecule has 1 aromatic rings. The van der Waals surface area contributed by atoms with Crippen LogP contribution in [0.25, 0.3) is 0 Å². The average molecular weight is 238 g/mol. The third kappa shape index (κ3) is 4.10. The van der Waals surface area contributed by atoms with Crippen molar-refractivity contribution in [3.05, 3.63) is 35.6 Å². The molecule has 1 amide bonds. The van der Waals surface area contributed by atoms with Gasteiger partial charge in [0.15, 0.2) is 5.96 Å². The molecule has 0 aliphatic rings. The van der Waals surface area contributed by atoms with Crippen LogP contribution in [0.2, 0.25) is 0 Å². The monoisotopic (exact) mass is 238 g/mol. The van der Waals surface area contributed by atoms with Gasteiger partial charge in [0.1, 0.15) is 5.82 Å². The maximum Gasteiger partial charge on any atom is 0.254 e. The lowest BCUT2D eigenvalue weighted by Gasteiger charge is -2.07. The smallest absolute Gasteiger partial charge is 0.254 e. The highest BCUT2D eigenvalue weighted by Crippen LogP contribution is 2.05. The normalized spacial score (nSPS) is 11.1. The second-order valence-electron chi connectivity index (χ2n) is 3.27. The number of carbonyl (C=O) groups excluding carboxylic acids is 1. The molecule has 5 nitrogen and oxygen atoms in total.